The van der Waals surface area contributed by atoms with E-state index in [-0.39, 0.29) is 49.3 Å². The smallest absolute Gasteiger partial charge is 0.223 e. The van der Waals surface area contributed by atoms with Gasteiger partial charge in [-0.3, -0.25) is 4.79 Å². The van der Waals surface area contributed by atoms with Gasteiger partial charge in [0.15, 0.2) is 0 Å². The number of amides is 1. The summed E-state index contributed by atoms with van der Waals surface area (Å²) in [4.78, 5) is 16.3. The van der Waals surface area contributed by atoms with Gasteiger partial charge in [-0.2, -0.15) is 0 Å². The molecular weight excluding hydrogens is 321 g/mol. The van der Waals surface area contributed by atoms with E-state index in [1.165, 1.54) is 0 Å². The van der Waals surface area contributed by atoms with Crippen LogP contribution < -0.4 is 11.1 Å². The van der Waals surface area contributed by atoms with Crippen LogP contribution in [0.3, 0.4) is 0 Å². The van der Waals surface area contributed by atoms with Gasteiger partial charge in [0.05, 0.1) is 18.6 Å². The molecule has 0 aromatic carbocycles. The van der Waals surface area contributed by atoms with E-state index in [0.717, 1.165) is 17.1 Å². The molecule has 0 saturated heterocycles. The molecule has 1 amide bonds. The molecule has 2 unspecified atom stereocenters. The number of carbonyl (C=O) groups is 1. The molecule has 8 heteroatoms. The molecular formula is C12H23Cl2N3O2S. The summed E-state index contributed by atoms with van der Waals surface area (Å²) in [5.41, 5.74) is 6.48. The molecule has 0 bridgehead atoms. The summed E-state index contributed by atoms with van der Waals surface area (Å²) in [6.45, 7) is 4.32. The van der Waals surface area contributed by atoms with Crippen molar-refractivity contribution in [2.24, 2.45) is 5.73 Å². The van der Waals surface area contributed by atoms with E-state index in [9.17, 15) is 4.79 Å². The first-order valence-electron chi connectivity index (χ1n) is 6.04. The van der Waals surface area contributed by atoms with Crippen molar-refractivity contribution < 1.29 is 9.53 Å². The molecule has 0 radical (unpaired) electrons. The second-order valence-corrected chi connectivity index (χ2v) is 5.04. The van der Waals surface area contributed by atoms with Gasteiger partial charge in [-0.25, -0.2) is 4.98 Å². The van der Waals surface area contributed by atoms with E-state index in [1.807, 2.05) is 19.2 Å². The second-order valence-electron chi connectivity index (χ2n) is 4.15. The van der Waals surface area contributed by atoms with Crippen LogP contribution in [0.2, 0.25) is 0 Å². The Morgan fingerprint density at radius 3 is 2.60 bits per heavy atom. The zero-order valence-electron chi connectivity index (χ0n) is 11.9. The molecule has 1 rings (SSSR count). The first-order valence-corrected chi connectivity index (χ1v) is 6.92. The number of aromatic nitrogens is 1. The molecule has 0 aliphatic rings. The lowest BCUT2D eigenvalue weighted by Gasteiger charge is -2.17. The van der Waals surface area contributed by atoms with Crippen LogP contribution >= 0.6 is 36.2 Å². The Morgan fingerprint density at radius 1 is 1.55 bits per heavy atom. The number of nitrogens with one attached hydrogen (secondary N) is 1. The SMILES string of the molecule is CCC(NC(=O)CC(CN)OC)c1nc(C)cs1.Cl.Cl. The van der Waals surface area contributed by atoms with Gasteiger partial charge in [-0.15, -0.1) is 36.2 Å². The minimum Gasteiger partial charge on any atom is -0.380 e. The quantitative estimate of drug-likeness (QED) is 0.795. The summed E-state index contributed by atoms with van der Waals surface area (Å²) in [6.07, 6.45) is 0.882. The van der Waals surface area contributed by atoms with E-state index < -0.39 is 0 Å². The number of thiazole rings is 1. The molecule has 1 aromatic rings. The van der Waals surface area contributed by atoms with Gasteiger partial charge >= 0.3 is 0 Å². The third kappa shape index (κ3) is 6.85. The van der Waals surface area contributed by atoms with Crippen molar-refractivity contribution in [3.63, 3.8) is 0 Å². The van der Waals surface area contributed by atoms with Crippen molar-refractivity contribution in [2.75, 3.05) is 13.7 Å². The van der Waals surface area contributed by atoms with Gasteiger partial charge in [-0.05, 0) is 13.3 Å². The Hall–Kier alpha value is -0.400. The number of hydrogen-bond donors (Lipinski definition) is 2. The highest BCUT2D eigenvalue weighted by molar-refractivity contribution is 7.09. The summed E-state index contributed by atoms with van der Waals surface area (Å²) in [5.74, 6) is -0.0491. The van der Waals surface area contributed by atoms with Gasteiger partial charge in [0, 0.05) is 24.7 Å². The second kappa shape index (κ2) is 11.3. The van der Waals surface area contributed by atoms with Gasteiger partial charge in [-0.1, -0.05) is 6.92 Å². The van der Waals surface area contributed by atoms with Crippen molar-refractivity contribution >= 4 is 42.1 Å². The third-order valence-electron chi connectivity index (χ3n) is 2.69. The molecule has 0 fully saturated rings. The maximum Gasteiger partial charge on any atom is 0.223 e. The molecule has 20 heavy (non-hydrogen) atoms. The first-order chi connectivity index (χ1) is 8.60. The van der Waals surface area contributed by atoms with Crippen molar-refractivity contribution in [3.8, 4) is 0 Å². The number of hydrogen-bond acceptors (Lipinski definition) is 5. The topological polar surface area (TPSA) is 77.2 Å². The third-order valence-corrected chi connectivity index (χ3v) is 3.76. The Labute approximate surface area is 136 Å². The van der Waals surface area contributed by atoms with E-state index in [0.29, 0.717) is 6.54 Å². The maximum absolute atomic E-state index is 11.9. The number of rotatable bonds is 7. The molecule has 0 saturated carbocycles. The summed E-state index contributed by atoms with van der Waals surface area (Å²) >= 11 is 1.57. The van der Waals surface area contributed by atoms with Crippen molar-refractivity contribution in [2.45, 2.75) is 38.8 Å². The number of aryl methyl sites for hydroxylation is 1. The van der Waals surface area contributed by atoms with Gasteiger partial charge in [0.1, 0.15) is 5.01 Å². The average molecular weight is 344 g/mol. The lowest BCUT2D eigenvalue weighted by Crippen LogP contribution is -2.34. The zero-order valence-corrected chi connectivity index (χ0v) is 14.4. The first kappa shape index (κ1) is 21.9. The summed E-state index contributed by atoms with van der Waals surface area (Å²) < 4.78 is 5.10. The highest BCUT2D eigenvalue weighted by Gasteiger charge is 2.18. The van der Waals surface area contributed by atoms with Crippen LogP contribution in [0.5, 0.6) is 0 Å². The summed E-state index contributed by atoms with van der Waals surface area (Å²) in [7, 11) is 1.56. The minimum absolute atomic E-state index is 0. The largest absolute Gasteiger partial charge is 0.380 e. The Bertz CT molecular complexity index is 387. The normalized spacial score (nSPS) is 12.8. The molecule has 2 atom stereocenters. The van der Waals surface area contributed by atoms with Gasteiger partial charge in [0.25, 0.3) is 0 Å². The van der Waals surface area contributed by atoms with E-state index >= 15 is 0 Å². The Balaban J connectivity index is 0. The molecule has 118 valence electrons. The number of nitrogens with two attached hydrogens (primary N) is 1. The van der Waals surface area contributed by atoms with Crippen LogP contribution in [-0.4, -0.2) is 30.6 Å². The molecule has 1 heterocycles. The van der Waals surface area contributed by atoms with Crippen molar-refractivity contribution in [1.29, 1.82) is 0 Å². The molecule has 5 nitrogen and oxygen atoms in total. The average Bonchev–Trinajstić information content (AvgIpc) is 2.79. The molecule has 0 aliphatic carbocycles. The standard InChI is InChI=1S/C12H21N3O2S.2ClH/c1-4-10(12-14-8(2)7-18-12)15-11(16)5-9(6-13)17-3;;/h7,9-10H,4-6,13H2,1-3H3,(H,15,16);2*1H. The monoisotopic (exact) mass is 343 g/mol. The zero-order chi connectivity index (χ0) is 13.5. The summed E-state index contributed by atoms with van der Waals surface area (Å²) in [5, 5.41) is 5.91. The molecule has 0 spiro atoms. The van der Waals surface area contributed by atoms with Gasteiger partial charge in [0.2, 0.25) is 5.91 Å². The number of ether oxygens (including phenoxy) is 1. The number of methoxy groups -OCH3 is 1. The van der Waals surface area contributed by atoms with Crippen LogP contribution in [0.15, 0.2) is 5.38 Å². The van der Waals surface area contributed by atoms with Crippen LogP contribution in [-0.2, 0) is 9.53 Å². The van der Waals surface area contributed by atoms with E-state index in [4.69, 9.17) is 10.5 Å². The highest BCUT2D eigenvalue weighted by atomic mass is 35.5. The Morgan fingerprint density at radius 2 is 2.20 bits per heavy atom. The maximum atomic E-state index is 11.9. The Kier molecular flexibility index (Phi) is 12.3. The highest BCUT2D eigenvalue weighted by Crippen LogP contribution is 2.20. The van der Waals surface area contributed by atoms with Crippen molar-refractivity contribution in [1.82, 2.24) is 10.3 Å². The lowest BCUT2D eigenvalue weighted by molar-refractivity contribution is -0.124. The van der Waals surface area contributed by atoms with Gasteiger partial charge < -0.3 is 15.8 Å². The molecule has 3 N–H and O–H groups in total. The van der Waals surface area contributed by atoms with Crippen LogP contribution in [0.4, 0.5) is 0 Å². The molecule has 0 aliphatic heterocycles. The summed E-state index contributed by atoms with van der Waals surface area (Å²) in [6, 6.07) is -0.0218. The fraction of sp³-hybridized carbons (Fsp3) is 0.667. The number of nitrogens with zero attached hydrogens (tertiary/aromatic N) is 1. The predicted molar refractivity (Wildman–Crippen MR) is 87.0 cm³/mol. The van der Waals surface area contributed by atoms with Crippen LogP contribution in [0, 0.1) is 6.92 Å². The molecule has 1 aromatic heterocycles. The minimum atomic E-state index is -0.222. The van der Waals surface area contributed by atoms with Crippen LogP contribution in [0.25, 0.3) is 0 Å². The lowest BCUT2D eigenvalue weighted by atomic mass is 10.2. The number of halogens is 2. The van der Waals surface area contributed by atoms with E-state index in [1.54, 1.807) is 18.4 Å². The van der Waals surface area contributed by atoms with E-state index in [2.05, 4.69) is 10.3 Å². The predicted octanol–water partition coefficient (Wildman–Crippen LogP) is 2.23. The fourth-order valence-electron chi connectivity index (χ4n) is 1.59. The van der Waals surface area contributed by atoms with Crippen molar-refractivity contribution in [3.05, 3.63) is 16.1 Å². The van der Waals surface area contributed by atoms with Crippen LogP contribution in [0.1, 0.15) is 36.5 Å². The fourth-order valence-corrected chi connectivity index (χ4v) is 2.52. The number of carbonyl (C=O) groups excluding carboxylic acids is 1.